The third-order valence-electron chi connectivity index (χ3n) is 5.11. The number of nitrogens with zero attached hydrogens (tertiary/aromatic N) is 1. The molecule has 2 aliphatic rings. The predicted molar refractivity (Wildman–Crippen MR) is 81.7 cm³/mol. The lowest BCUT2D eigenvalue weighted by Crippen LogP contribution is -2.46. The molecule has 0 aromatic heterocycles. The molecule has 0 radical (unpaired) electrons. The van der Waals surface area contributed by atoms with Gasteiger partial charge >= 0.3 is 0 Å². The van der Waals surface area contributed by atoms with E-state index in [1.807, 2.05) is 0 Å². The first-order valence-electron chi connectivity index (χ1n) is 8.45. The Bertz CT molecular complexity index is 272. The van der Waals surface area contributed by atoms with E-state index in [-0.39, 0.29) is 6.10 Å². The van der Waals surface area contributed by atoms with Crippen molar-refractivity contribution in [1.29, 1.82) is 0 Å². The minimum atomic E-state index is -0.543. The zero-order chi connectivity index (χ0) is 14.4. The van der Waals surface area contributed by atoms with Gasteiger partial charge in [0, 0.05) is 19.6 Å². The summed E-state index contributed by atoms with van der Waals surface area (Å²) in [6.07, 6.45) is 7.54. The molecule has 4 heteroatoms. The zero-order valence-corrected chi connectivity index (χ0v) is 13.0. The molecular weight excluding hydrogens is 252 g/mol. The van der Waals surface area contributed by atoms with E-state index in [2.05, 4.69) is 17.1 Å². The second-order valence-corrected chi connectivity index (χ2v) is 6.87. The van der Waals surface area contributed by atoms with E-state index >= 15 is 0 Å². The summed E-state index contributed by atoms with van der Waals surface area (Å²) in [6.45, 7) is 6.47. The third-order valence-corrected chi connectivity index (χ3v) is 5.11. The third kappa shape index (κ3) is 4.99. The van der Waals surface area contributed by atoms with E-state index in [0.717, 1.165) is 51.2 Å². The molecule has 0 spiro atoms. The predicted octanol–water partition coefficient (Wildman–Crippen LogP) is 1.36. The Morgan fingerprint density at radius 3 is 2.50 bits per heavy atom. The van der Waals surface area contributed by atoms with Crippen LogP contribution in [-0.4, -0.2) is 59.5 Å². The van der Waals surface area contributed by atoms with Crippen molar-refractivity contribution in [3.8, 4) is 0 Å². The second-order valence-electron chi connectivity index (χ2n) is 6.87. The van der Waals surface area contributed by atoms with Gasteiger partial charge in [0.05, 0.1) is 11.7 Å². The summed E-state index contributed by atoms with van der Waals surface area (Å²) < 4.78 is 0. The molecule has 1 aliphatic heterocycles. The first kappa shape index (κ1) is 16.2. The van der Waals surface area contributed by atoms with Gasteiger partial charge in [0.2, 0.25) is 0 Å². The van der Waals surface area contributed by atoms with Gasteiger partial charge in [0.15, 0.2) is 0 Å². The minimum absolute atomic E-state index is 0.316. The molecule has 118 valence electrons. The highest BCUT2D eigenvalue weighted by Crippen LogP contribution is 2.33. The topological polar surface area (TPSA) is 55.7 Å². The minimum Gasteiger partial charge on any atom is -0.390 e. The van der Waals surface area contributed by atoms with Crippen LogP contribution >= 0.6 is 0 Å². The molecule has 2 fully saturated rings. The normalized spacial score (nSPS) is 33.5. The molecule has 2 rings (SSSR count). The summed E-state index contributed by atoms with van der Waals surface area (Å²) in [4.78, 5) is 2.33. The van der Waals surface area contributed by atoms with Crippen LogP contribution in [0.3, 0.4) is 0 Å². The SMILES string of the molecule is CCC1CCC(O)(CNCC(O)CN2CCCC2)CC1. The number of aliphatic hydroxyl groups excluding tert-OH is 1. The van der Waals surface area contributed by atoms with Gasteiger partial charge in [-0.3, -0.25) is 0 Å². The van der Waals surface area contributed by atoms with Crippen molar-refractivity contribution in [2.45, 2.75) is 63.6 Å². The Labute approximate surface area is 123 Å². The Morgan fingerprint density at radius 1 is 1.25 bits per heavy atom. The highest BCUT2D eigenvalue weighted by Gasteiger charge is 2.32. The molecule has 1 saturated carbocycles. The molecule has 1 aliphatic carbocycles. The summed E-state index contributed by atoms with van der Waals surface area (Å²) in [6, 6.07) is 0. The maximum atomic E-state index is 10.5. The fraction of sp³-hybridized carbons (Fsp3) is 1.00. The van der Waals surface area contributed by atoms with Crippen LogP contribution in [0.2, 0.25) is 0 Å². The van der Waals surface area contributed by atoms with E-state index in [9.17, 15) is 10.2 Å². The number of aliphatic hydroxyl groups is 2. The molecule has 1 heterocycles. The molecular formula is C16H32N2O2. The van der Waals surface area contributed by atoms with Gasteiger partial charge in [0.1, 0.15) is 0 Å². The van der Waals surface area contributed by atoms with Gasteiger partial charge in [-0.1, -0.05) is 13.3 Å². The molecule has 4 nitrogen and oxygen atoms in total. The van der Waals surface area contributed by atoms with E-state index in [1.54, 1.807) is 0 Å². The molecule has 0 bridgehead atoms. The fourth-order valence-electron chi connectivity index (χ4n) is 3.60. The van der Waals surface area contributed by atoms with Gasteiger partial charge in [0.25, 0.3) is 0 Å². The van der Waals surface area contributed by atoms with Gasteiger partial charge < -0.3 is 20.4 Å². The summed E-state index contributed by atoms with van der Waals surface area (Å²) in [7, 11) is 0. The number of likely N-dealkylation sites (tertiary alicyclic amines) is 1. The van der Waals surface area contributed by atoms with Crippen LogP contribution in [0.25, 0.3) is 0 Å². The smallest absolute Gasteiger partial charge is 0.0791 e. The Morgan fingerprint density at radius 2 is 1.90 bits per heavy atom. The lowest BCUT2D eigenvalue weighted by molar-refractivity contribution is -0.0110. The first-order valence-corrected chi connectivity index (χ1v) is 8.45. The summed E-state index contributed by atoms with van der Waals surface area (Å²) in [5.74, 6) is 0.802. The number of rotatable bonds is 7. The van der Waals surface area contributed by atoms with Crippen molar-refractivity contribution in [3.63, 3.8) is 0 Å². The van der Waals surface area contributed by atoms with Crippen LogP contribution in [0, 0.1) is 5.92 Å². The lowest BCUT2D eigenvalue weighted by Gasteiger charge is -2.36. The Hall–Kier alpha value is -0.160. The van der Waals surface area contributed by atoms with Gasteiger partial charge in [-0.05, 0) is 57.5 Å². The average Bonchev–Trinajstić information content (AvgIpc) is 2.92. The van der Waals surface area contributed by atoms with Crippen molar-refractivity contribution in [2.24, 2.45) is 5.92 Å². The monoisotopic (exact) mass is 284 g/mol. The van der Waals surface area contributed by atoms with Crippen LogP contribution in [0.5, 0.6) is 0 Å². The van der Waals surface area contributed by atoms with Crippen molar-refractivity contribution in [2.75, 3.05) is 32.7 Å². The van der Waals surface area contributed by atoms with Crippen molar-refractivity contribution >= 4 is 0 Å². The molecule has 0 aromatic rings. The fourth-order valence-corrected chi connectivity index (χ4v) is 3.60. The number of hydrogen-bond acceptors (Lipinski definition) is 4. The highest BCUT2D eigenvalue weighted by atomic mass is 16.3. The average molecular weight is 284 g/mol. The quantitative estimate of drug-likeness (QED) is 0.661. The van der Waals surface area contributed by atoms with E-state index in [1.165, 1.54) is 19.3 Å². The van der Waals surface area contributed by atoms with Gasteiger partial charge in [-0.15, -0.1) is 0 Å². The maximum absolute atomic E-state index is 10.5. The van der Waals surface area contributed by atoms with E-state index in [0.29, 0.717) is 13.1 Å². The Balaban J connectivity index is 1.59. The first-order chi connectivity index (χ1) is 9.61. The molecule has 3 N–H and O–H groups in total. The number of hydrogen-bond donors (Lipinski definition) is 3. The Kier molecular flexibility index (Phi) is 6.27. The van der Waals surface area contributed by atoms with E-state index < -0.39 is 5.60 Å². The van der Waals surface area contributed by atoms with Crippen LogP contribution in [-0.2, 0) is 0 Å². The van der Waals surface area contributed by atoms with Crippen LogP contribution in [0.15, 0.2) is 0 Å². The number of nitrogens with one attached hydrogen (secondary N) is 1. The van der Waals surface area contributed by atoms with Crippen LogP contribution < -0.4 is 5.32 Å². The van der Waals surface area contributed by atoms with Gasteiger partial charge in [-0.25, -0.2) is 0 Å². The summed E-state index contributed by atoms with van der Waals surface area (Å²) in [5, 5.41) is 23.8. The molecule has 1 saturated heterocycles. The summed E-state index contributed by atoms with van der Waals surface area (Å²) >= 11 is 0. The van der Waals surface area contributed by atoms with Crippen molar-refractivity contribution < 1.29 is 10.2 Å². The van der Waals surface area contributed by atoms with E-state index in [4.69, 9.17) is 0 Å². The number of β-amino-alcohol motifs (C(OH)–C–C–N with tert-alkyl or cyclic N) is 1. The second kappa shape index (κ2) is 7.74. The van der Waals surface area contributed by atoms with Crippen molar-refractivity contribution in [3.05, 3.63) is 0 Å². The molecule has 20 heavy (non-hydrogen) atoms. The molecule has 1 atom stereocenters. The highest BCUT2D eigenvalue weighted by molar-refractivity contribution is 4.87. The molecule has 1 unspecified atom stereocenters. The largest absolute Gasteiger partial charge is 0.390 e. The maximum Gasteiger partial charge on any atom is 0.0791 e. The summed E-state index contributed by atoms with van der Waals surface area (Å²) in [5.41, 5.74) is -0.543. The molecule has 0 aromatic carbocycles. The van der Waals surface area contributed by atoms with Crippen LogP contribution in [0.4, 0.5) is 0 Å². The molecule has 0 amide bonds. The van der Waals surface area contributed by atoms with Gasteiger partial charge in [-0.2, -0.15) is 0 Å². The zero-order valence-electron chi connectivity index (χ0n) is 13.0. The van der Waals surface area contributed by atoms with Crippen molar-refractivity contribution in [1.82, 2.24) is 10.2 Å². The van der Waals surface area contributed by atoms with Crippen LogP contribution in [0.1, 0.15) is 51.9 Å². The standard InChI is InChI=1S/C16H32N2O2/c1-2-14-5-7-16(20,8-6-14)13-17-11-15(19)12-18-9-3-4-10-18/h14-15,17,19-20H,2-13H2,1H3. The lowest BCUT2D eigenvalue weighted by atomic mass is 9.78.